The van der Waals surface area contributed by atoms with Gasteiger partial charge in [-0.1, -0.05) is 23.7 Å². The van der Waals surface area contributed by atoms with Crippen LogP contribution in [0, 0.1) is 0 Å². The molecule has 0 aromatic carbocycles. The van der Waals surface area contributed by atoms with Gasteiger partial charge in [-0.15, -0.1) is 0 Å². The van der Waals surface area contributed by atoms with Crippen LogP contribution in [0.5, 0.6) is 0 Å². The van der Waals surface area contributed by atoms with Crippen LogP contribution in [0.25, 0.3) is 0 Å². The zero-order valence-electron chi connectivity index (χ0n) is 13.0. The van der Waals surface area contributed by atoms with Gasteiger partial charge in [0, 0.05) is 18.2 Å². The molecule has 6 nitrogen and oxygen atoms in total. The van der Waals surface area contributed by atoms with E-state index in [0.29, 0.717) is 22.6 Å². The zero-order valence-corrected chi connectivity index (χ0v) is 14.6. The highest BCUT2D eigenvalue weighted by molar-refractivity contribution is 9.10. The molecule has 0 radical (unpaired) electrons. The molecule has 0 amide bonds. The number of nitrogens with one attached hydrogen (secondary N) is 1. The summed E-state index contributed by atoms with van der Waals surface area (Å²) in [4.78, 5) is 5.23. The number of hydrogen-bond acceptors (Lipinski definition) is 6. The molecule has 1 atom stereocenters. The van der Waals surface area contributed by atoms with E-state index in [4.69, 9.17) is 9.36 Å². The Balaban J connectivity index is 2.48. The van der Waals surface area contributed by atoms with Crippen LogP contribution < -0.4 is 5.32 Å². The number of aliphatic hydroxyl groups excluding tert-OH is 1. The molecule has 0 fully saturated rings. The van der Waals surface area contributed by atoms with E-state index < -0.39 is 6.10 Å². The average molecular weight is 362 g/mol. The summed E-state index contributed by atoms with van der Waals surface area (Å²) >= 11 is 3.23. The minimum atomic E-state index is -0.614. The van der Waals surface area contributed by atoms with E-state index >= 15 is 0 Å². The first-order valence-electron chi connectivity index (χ1n) is 7.06. The predicted octanol–water partition coefficient (Wildman–Crippen LogP) is 2.71. The van der Waals surface area contributed by atoms with Gasteiger partial charge in [0.2, 0.25) is 0 Å². The molecule has 0 saturated carbocycles. The lowest BCUT2D eigenvalue weighted by molar-refractivity contribution is 0.0369. The minimum absolute atomic E-state index is 0.0380. The van der Waals surface area contributed by atoms with Gasteiger partial charge in [0.15, 0.2) is 5.76 Å². The number of halogens is 1. The number of nitrogens with zero attached hydrogens (tertiary/aromatic N) is 2. The molecule has 1 aromatic heterocycles. The highest BCUT2D eigenvalue weighted by Crippen LogP contribution is 2.13. The molecular formula is C14H24BrN3O3. The molecule has 1 heterocycles. The Morgan fingerprint density at radius 1 is 1.57 bits per heavy atom. The lowest BCUT2D eigenvalue weighted by Crippen LogP contribution is -2.42. The number of oxime groups is 1. The van der Waals surface area contributed by atoms with Crippen molar-refractivity contribution >= 4 is 21.6 Å². The normalized spacial score (nSPS) is 14.3. The summed E-state index contributed by atoms with van der Waals surface area (Å²) in [5.74, 6) is 0.575. The summed E-state index contributed by atoms with van der Waals surface area (Å²) in [6, 6.07) is 1.75. The molecule has 0 aliphatic carbocycles. The van der Waals surface area contributed by atoms with E-state index in [1.807, 2.05) is 27.7 Å². The van der Waals surface area contributed by atoms with Gasteiger partial charge >= 0.3 is 0 Å². The standard InChI is InChI=1S/C14H24BrN3O3/c1-5-6-11(12-7-13(15)18-21-12)17-20-9-10(19)8-16-14(2,3)4/h7,10,16,19H,5-6,8-9H2,1-4H3/b17-11+. The number of β-amino-alcohol motifs (C(OH)–C–C–N with tert-alkyl or cyclic N) is 1. The van der Waals surface area contributed by atoms with E-state index in [1.54, 1.807) is 6.07 Å². The molecule has 0 aliphatic heterocycles. The number of aliphatic hydroxyl groups is 1. The van der Waals surface area contributed by atoms with Crippen molar-refractivity contribution in [2.45, 2.75) is 52.2 Å². The van der Waals surface area contributed by atoms with Crippen LogP contribution in [-0.2, 0) is 4.84 Å². The second kappa shape index (κ2) is 8.51. The van der Waals surface area contributed by atoms with E-state index in [9.17, 15) is 5.11 Å². The SMILES string of the molecule is CCC/C(=N\OCC(O)CNC(C)(C)C)c1cc(Br)no1. The predicted molar refractivity (Wildman–Crippen MR) is 85.4 cm³/mol. The van der Waals surface area contributed by atoms with Crippen molar-refractivity contribution < 1.29 is 14.5 Å². The summed E-state index contributed by atoms with van der Waals surface area (Å²) < 4.78 is 5.77. The molecule has 7 heteroatoms. The smallest absolute Gasteiger partial charge is 0.185 e. The van der Waals surface area contributed by atoms with Crippen LogP contribution in [-0.4, -0.2) is 40.8 Å². The van der Waals surface area contributed by atoms with Gasteiger partial charge in [0.1, 0.15) is 23.0 Å². The first-order valence-corrected chi connectivity index (χ1v) is 7.85. The van der Waals surface area contributed by atoms with Gasteiger partial charge in [-0.05, 0) is 43.1 Å². The molecular weight excluding hydrogens is 338 g/mol. The van der Waals surface area contributed by atoms with Crippen LogP contribution in [0.4, 0.5) is 0 Å². The fraction of sp³-hybridized carbons (Fsp3) is 0.714. The van der Waals surface area contributed by atoms with Gasteiger partial charge in [-0.25, -0.2) is 0 Å². The molecule has 0 saturated heterocycles. The Bertz CT molecular complexity index is 455. The fourth-order valence-electron chi connectivity index (χ4n) is 1.52. The first kappa shape index (κ1) is 18.1. The van der Waals surface area contributed by atoms with Crippen molar-refractivity contribution in [3.8, 4) is 0 Å². The van der Waals surface area contributed by atoms with Crippen molar-refractivity contribution in [1.29, 1.82) is 0 Å². The monoisotopic (exact) mass is 361 g/mol. The largest absolute Gasteiger partial charge is 0.393 e. The number of rotatable bonds is 8. The maximum Gasteiger partial charge on any atom is 0.185 e. The Labute approximate surface area is 134 Å². The molecule has 2 N–H and O–H groups in total. The van der Waals surface area contributed by atoms with E-state index in [1.165, 1.54) is 0 Å². The topological polar surface area (TPSA) is 79.9 Å². The van der Waals surface area contributed by atoms with Gasteiger partial charge in [-0.3, -0.25) is 0 Å². The summed E-state index contributed by atoms with van der Waals surface area (Å²) in [5.41, 5.74) is 0.649. The molecule has 0 bridgehead atoms. The molecule has 0 spiro atoms. The Kier molecular flexibility index (Phi) is 7.34. The van der Waals surface area contributed by atoms with Gasteiger partial charge in [-0.2, -0.15) is 0 Å². The van der Waals surface area contributed by atoms with Crippen LogP contribution >= 0.6 is 15.9 Å². The van der Waals surface area contributed by atoms with Crippen LogP contribution in [0.15, 0.2) is 20.3 Å². The van der Waals surface area contributed by atoms with Crippen molar-refractivity contribution in [2.75, 3.05) is 13.2 Å². The van der Waals surface area contributed by atoms with Gasteiger partial charge < -0.3 is 19.8 Å². The zero-order chi connectivity index (χ0) is 15.9. The lowest BCUT2D eigenvalue weighted by atomic mass is 10.1. The van der Waals surface area contributed by atoms with Crippen LogP contribution in [0.2, 0.25) is 0 Å². The second-order valence-corrected chi connectivity index (χ2v) is 6.69. The first-order chi connectivity index (χ1) is 9.81. The highest BCUT2D eigenvalue weighted by atomic mass is 79.9. The molecule has 1 aromatic rings. The third-order valence-electron chi connectivity index (χ3n) is 2.56. The summed E-state index contributed by atoms with van der Waals surface area (Å²) in [7, 11) is 0. The minimum Gasteiger partial charge on any atom is -0.393 e. The molecule has 120 valence electrons. The molecule has 0 aliphatic rings. The second-order valence-electron chi connectivity index (χ2n) is 5.88. The number of hydrogen-bond donors (Lipinski definition) is 2. The lowest BCUT2D eigenvalue weighted by Gasteiger charge is -2.22. The molecule has 1 unspecified atom stereocenters. The third kappa shape index (κ3) is 7.59. The molecule has 1 rings (SSSR count). The van der Waals surface area contributed by atoms with Crippen molar-refractivity contribution in [3.63, 3.8) is 0 Å². The fourth-order valence-corrected chi connectivity index (χ4v) is 1.80. The summed E-state index contributed by atoms with van der Waals surface area (Å²) in [6.07, 6.45) is 1.02. The van der Waals surface area contributed by atoms with E-state index in [2.05, 4.69) is 31.6 Å². The van der Waals surface area contributed by atoms with Crippen molar-refractivity contribution in [2.24, 2.45) is 5.16 Å². The van der Waals surface area contributed by atoms with Crippen molar-refractivity contribution in [3.05, 3.63) is 16.4 Å². The van der Waals surface area contributed by atoms with Crippen LogP contribution in [0.3, 0.4) is 0 Å². The van der Waals surface area contributed by atoms with Gasteiger partial charge in [0.05, 0.1) is 0 Å². The highest BCUT2D eigenvalue weighted by Gasteiger charge is 2.14. The van der Waals surface area contributed by atoms with E-state index in [-0.39, 0.29) is 12.1 Å². The average Bonchev–Trinajstić information content (AvgIpc) is 2.81. The van der Waals surface area contributed by atoms with Crippen molar-refractivity contribution in [1.82, 2.24) is 10.5 Å². The summed E-state index contributed by atoms with van der Waals surface area (Å²) in [6.45, 7) is 8.75. The molecule has 21 heavy (non-hydrogen) atoms. The Morgan fingerprint density at radius 3 is 2.81 bits per heavy atom. The Hall–Kier alpha value is -0.920. The third-order valence-corrected chi connectivity index (χ3v) is 2.94. The van der Waals surface area contributed by atoms with Gasteiger partial charge in [0.25, 0.3) is 0 Å². The Morgan fingerprint density at radius 2 is 2.29 bits per heavy atom. The quantitative estimate of drug-likeness (QED) is 0.549. The number of aromatic nitrogens is 1. The maximum atomic E-state index is 9.83. The van der Waals surface area contributed by atoms with Crippen LogP contribution in [0.1, 0.15) is 46.3 Å². The van der Waals surface area contributed by atoms with E-state index in [0.717, 1.165) is 12.8 Å². The maximum absolute atomic E-state index is 9.83. The summed E-state index contributed by atoms with van der Waals surface area (Å²) in [5, 5.41) is 20.9.